The molecule has 0 amide bonds. The van der Waals surface area contributed by atoms with E-state index in [9.17, 15) is 19.7 Å². The van der Waals surface area contributed by atoms with Gasteiger partial charge in [-0.05, 0) is 37.6 Å². The third-order valence-corrected chi connectivity index (χ3v) is 5.25. The molecule has 8 nitrogen and oxygen atoms in total. The summed E-state index contributed by atoms with van der Waals surface area (Å²) < 4.78 is 20.5. The molecule has 1 aliphatic rings. The fourth-order valence-corrected chi connectivity index (χ4v) is 3.66. The van der Waals surface area contributed by atoms with E-state index in [1.165, 1.54) is 25.4 Å². The number of benzene rings is 1. The van der Waals surface area contributed by atoms with Crippen molar-refractivity contribution in [1.82, 2.24) is 14.5 Å². The van der Waals surface area contributed by atoms with Gasteiger partial charge in [0.25, 0.3) is 0 Å². The van der Waals surface area contributed by atoms with E-state index in [2.05, 4.69) is 21.8 Å². The van der Waals surface area contributed by atoms with Gasteiger partial charge < -0.3 is 30.4 Å². The first-order valence-electron chi connectivity index (χ1n) is 9.38. The molecule has 4 rings (SSSR count). The minimum Gasteiger partial charge on any atom is -0.396 e. The summed E-state index contributed by atoms with van der Waals surface area (Å²) >= 11 is 0. The molecule has 156 valence electrons. The molecule has 3 aromatic rings. The molecule has 1 aliphatic heterocycles. The third-order valence-electron chi connectivity index (χ3n) is 5.25. The minimum atomic E-state index is -1.65. The number of nitrogen functional groups attached to an aromatic ring is 1. The highest BCUT2D eigenvalue weighted by atomic mass is 19.1. The standard InChI is InChI=1S/C21H21FN4O4/c1-21(29)17(28)15(8-9-27)30-20(21)26-10-13(16-18(23)24-11-25-19(16)26)5-2-12-3-6-14(22)7-4-12/h3-4,6-7,10-11,15,17,20,27-29H,8-9H2,1H3,(H2,23,24,25)/t15?,17?,20?,21-/m1/s1. The van der Waals surface area contributed by atoms with Gasteiger partial charge in [-0.2, -0.15) is 0 Å². The fraction of sp³-hybridized carbons (Fsp3) is 0.333. The number of hydrogen-bond acceptors (Lipinski definition) is 7. The van der Waals surface area contributed by atoms with E-state index in [4.69, 9.17) is 10.5 Å². The highest BCUT2D eigenvalue weighted by molar-refractivity contribution is 5.92. The number of aliphatic hydroxyl groups excluding tert-OH is 2. The summed E-state index contributed by atoms with van der Waals surface area (Å²) in [6, 6.07) is 5.75. The van der Waals surface area contributed by atoms with E-state index in [1.54, 1.807) is 22.9 Å². The van der Waals surface area contributed by atoms with Crippen molar-refractivity contribution in [3.05, 3.63) is 53.7 Å². The first-order valence-corrected chi connectivity index (χ1v) is 9.38. The van der Waals surface area contributed by atoms with Crippen LogP contribution in [0.25, 0.3) is 11.0 Å². The van der Waals surface area contributed by atoms with Crippen molar-refractivity contribution >= 4 is 16.9 Å². The molecule has 0 saturated carbocycles. The van der Waals surface area contributed by atoms with E-state index < -0.39 is 24.0 Å². The second-order valence-electron chi connectivity index (χ2n) is 7.37. The Kier molecular flexibility index (Phi) is 5.17. The van der Waals surface area contributed by atoms with E-state index >= 15 is 0 Å². The van der Waals surface area contributed by atoms with Crippen LogP contribution in [-0.2, 0) is 4.74 Å². The topological polar surface area (TPSA) is 127 Å². The highest BCUT2D eigenvalue weighted by Gasteiger charge is 2.53. The van der Waals surface area contributed by atoms with Crippen LogP contribution in [0.15, 0.2) is 36.8 Å². The molecule has 1 saturated heterocycles. The van der Waals surface area contributed by atoms with Gasteiger partial charge in [-0.25, -0.2) is 14.4 Å². The number of nitrogens with zero attached hydrogens (tertiary/aromatic N) is 3. The smallest absolute Gasteiger partial charge is 0.166 e. The summed E-state index contributed by atoms with van der Waals surface area (Å²) in [5.41, 5.74) is 5.90. The zero-order chi connectivity index (χ0) is 21.5. The van der Waals surface area contributed by atoms with Crippen LogP contribution in [0.5, 0.6) is 0 Å². The molecule has 0 spiro atoms. The lowest BCUT2D eigenvalue weighted by Gasteiger charge is -2.27. The molecular weight excluding hydrogens is 391 g/mol. The number of halogens is 1. The maximum atomic E-state index is 13.1. The summed E-state index contributed by atoms with van der Waals surface area (Å²) in [7, 11) is 0. The van der Waals surface area contributed by atoms with Gasteiger partial charge in [0.1, 0.15) is 35.3 Å². The van der Waals surface area contributed by atoms with Crippen LogP contribution < -0.4 is 5.73 Å². The number of nitrogens with two attached hydrogens (primary N) is 1. The normalized spacial score (nSPS) is 26.0. The molecule has 1 aromatic carbocycles. The molecule has 0 aliphatic carbocycles. The van der Waals surface area contributed by atoms with Crippen LogP contribution in [-0.4, -0.2) is 54.3 Å². The molecule has 5 N–H and O–H groups in total. The highest BCUT2D eigenvalue weighted by Crippen LogP contribution is 2.41. The predicted octanol–water partition coefficient (Wildman–Crippen LogP) is 0.944. The Hall–Kier alpha value is -3.03. The van der Waals surface area contributed by atoms with Gasteiger partial charge in [0.05, 0.1) is 17.1 Å². The lowest BCUT2D eigenvalue weighted by atomic mass is 9.95. The number of rotatable bonds is 3. The summed E-state index contributed by atoms with van der Waals surface area (Å²) in [4.78, 5) is 8.29. The van der Waals surface area contributed by atoms with Crippen molar-refractivity contribution in [2.75, 3.05) is 12.3 Å². The molecule has 3 unspecified atom stereocenters. The molecule has 1 fully saturated rings. The zero-order valence-corrected chi connectivity index (χ0v) is 16.2. The van der Waals surface area contributed by atoms with Gasteiger partial charge in [0.2, 0.25) is 0 Å². The first kappa shape index (κ1) is 20.3. The van der Waals surface area contributed by atoms with Gasteiger partial charge in [0.15, 0.2) is 6.23 Å². The number of aliphatic hydroxyl groups is 3. The molecule has 0 bridgehead atoms. The number of ether oxygens (including phenoxy) is 1. The lowest BCUT2D eigenvalue weighted by Crippen LogP contribution is -2.43. The quantitative estimate of drug-likeness (QED) is 0.472. The van der Waals surface area contributed by atoms with Gasteiger partial charge in [-0.3, -0.25) is 0 Å². The minimum absolute atomic E-state index is 0.168. The summed E-state index contributed by atoms with van der Waals surface area (Å²) in [5.74, 6) is 5.78. The van der Waals surface area contributed by atoms with E-state index in [1.807, 2.05) is 0 Å². The largest absolute Gasteiger partial charge is 0.396 e. The molecule has 9 heteroatoms. The first-order chi connectivity index (χ1) is 14.3. The Labute approximate surface area is 171 Å². The second-order valence-corrected chi connectivity index (χ2v) is 7.37. The lowest BCUT2D eigenvalue weighted by molar-refractivity contribution is -0.0941. The molecule has 30 heavy (non-hydrogen) atoms. The van der Waals surface area contributed by atoms with Crippen LogP contribution >= 0.6 is 0 Å². The zero-order valence-electron chi connectivity index (χ0n) is 16.2. The van der Waals surface area contributed by atoms with Gasteiger partial charge in [-0.1, -0.05) is 11.8 Å². The van der Waals surface area contributed by atoms with Gasteiger partial charge >= 0.3 is 0 Å². The monoisotopic (exact) mass is 412 g/mol. The average Bonchev–Trinajstić information content (AvgIpc) is 3.19. The fourth-order valence-electron chi connectivity index (χ4n) is 3.66. The SMILES string of the molecule is C[C@@]1(O)C(O)C(CCO)OC1n1cc(C#Cc2ccc(F)cc2)c2c(N)ncnc21. The van der Waals surface area contributed by atoms with Gasteiger partial charge in [0, 0.05) is 18.4 Å². The van der Waals surface area contributed by atoms with Crippen LogP contribution in [0, 0.1) is 17.7 Å². The summed E-state index contributed by atoms with van der Waals surface area (Å²) in [6.45, 7) is 1.26. The van der Waals surface area contributed by atoms with Crippen molar-refractivity contribution in [2.45, 2.75) is 37.4 Å². The number of hydrogen-bond donors (Lipinski definition) is 4. The number of anilines is 1. The van der Waals surface area contributed by atoms with E-state index in [0.29, 0.717) is 22.2 Å². The number of fused-ring (bicyclic) bond motifs is 1. The average molecular weight is 412 g/mol. The molecular formula is C21H21FN4O4. The Morgan fingerprint density at radius 1 is 1.27 bits per heavy atom. The van der Waals surface area contributed by atoms with Crippen LogP contribution in [0.1, 0.15) is 30.7 Å². The molecule has 0 radical (unpaired) electrons. The van der Waals surface area contributed by atoms with Gasteiger partial charge in [-0.15, -0.1) is 0 Å². The molecule has 2 aromatic heterocycles. The maximum Gasteiger partial charge on any atom is 0.166 e. The maximum absolute atomic E-state index is 13.1. The molecule has 4 atom stereocenters. The van der Waals surface area contributed by atoms with Crippen molar-refractivity contribution in [2.24, 2.45) is 0 Å². The Bertz CT molecular complexity index is 1130. The second kappa shape index (κ2) is 7.66. The van der Waals surface area contributed by atoms with Crippen molar-refractivity contribution in [3.8, 4) is 11.8 Å². The Balaban J connectivity index is 1.81. The Morgan fingerprint density at radius 2 is 2.00 bits per heavy atom. The number of aromatic nitrogens is 3. The van der Waals surface area contributed by atoms with Crippen molar-refractivity contribution in [3.63, 3.8) is 0 Å². The van der Waals surface area contributed by atoms with Crippen LogP contribution in [0.2, 0.25) is 0 Å². The van der Waals surface area contributed by atoms with Crippen molar-refractivity contribution in [1.29, 1.82) is 0 Å². The predicted molar refractivity (Wildman–Crippen MR) is 107 cm³/mol. The van der Waals surface area contributed by atoms with E-state index in [-0.39, 0.29) is 24.7 Å². The van der Waals surface area contributed by atoms with Crippen molar-refractivity contribution < 1.29 is 24.4 Å². The molecule has 3 heterocycles. The van der Waals surface area contributed by atoms with Crippen LogP contribution in [0.3, 0.4) is 0 Å². The summed E-state index contributed by atoms with van der Waals surface area (Å²) in [5, 5.41) is 31.1. The third kappa shape index (κ3) is 3.40. The summed E-state index contributed by atoms with van der Waals surface area (Å²) in [6.07, 6.45) is 0.139. The van der Waals surface area contributed by atoms with E-state index in [0.717, 1.165) is 0 Å². The Morgan fingerprint density at radius 3 is 2.70 bits per heavy atom. The van der Waals surface area contributed by atoms with Crippen LogP contribution in [0.4, 0.5) is 10.2 Å².